The molecule has 0 N–H and O–H groups in total. The Labute approximate surface area is 202 Å². The average Bonchev–Trinajstić information content (AvgIpc) is 2.91. The zero-order chi connectivity index (χ0) is 23.8. The predicted octanol–water partition coefficient (Wildman–Crippen LogP) is 6.09. The molecule has 2 atom stereocenters. The van der Waals surface area contributed by atoms with Gasteiger partial charge in [0.05, 0.1) is 0 Å². The van der Waals surface area contributed by atoms with Gasteiger partial charge in [0.25, 0.3) is 0 Å². The first-order chi connectivity index (χ1) is 16.7. The zero-order valence-corrected chi connectivity index (χ0v) is 20.5. The number of nitriles is 1. The van der Waals surface area contributed by atoms with Gasteiger partial charge in [0.1, 0.15) is 0 Å². The third-order valence-electron chi connectivity index (χ3n) is 6.85. The van der Waals surface area contributed by atoms with E-state index in [4.69, 9.17) is 4.74 Å². The van der Waals surface area contributed by atoms with Crippen molar-refractivity contribution in [3.8, 4) is 6.07 Å². The van der Waals surface area contributed by atoms with Crippen LogP contribution in [0.1, 0.15) is 24.5 Å². The van der Waals surface area contributed by atoms with Crippen molar-refractivity contribution < 1.29 is 9.13 Å². The van der Waals surface area contributed by atoms with E-state index in [-0.39, 0.29) is 18.4 Å². The molecule has 174 valence electrons. The molecule has 0 aliphatic heterocycles. The number of hydrogen-bond acceptors (Lipinski definition) is 2. The average molecular weight is 472 g/mol. The van der Waals surface area contributed by atoms with Crippen LogP contribution < -0.4 is 10.6 Å². The molecule has 0 amide bonds. The number of ether oxygens (including phenoxy) is 1. The summed E-state index contributed by atoms with van der Waals surface area (Å²) < 4.78 is 18.2. The molecule has 1 aliphatic rings. The van der Waals surface area contributed by atoms with Gasteiger partial charge in [-0.3, -0.25) is 0 Å². The summed E-state index contributed by atoms with van der Waals surface area (Å²) in [4.78, 5) is 0. The molecule has 0 radical (unpaired) electrons. The molecular formula is C30H31FNOP. The molecule has 3 aromatic rings. The quantitative estimate of drug-likeness (QED) is 0.354. The Hall–Kier alpha value is -3.05. The Morgan fingerprint density at radius 1 is 1.00 bits per heavy atom. The normalized spacial score (nSPS) is 17.0. The molecular weight excluding hydrogens is 440 g/mol. The van der Waals surface area contributed by atoms with Gasteiger partial charge < -0.3 is 0 Å². The molecule has 0 saturated heterocycles. The van der Waals surface area contributed by atoms with Crippen LogP contribution in [0, 0.1) is 11.3 Å². The summed E-state index contributed by atoms with van der Waals surface area (Å²) >= 11 is 0. The van der Waals surface area contributed by atoms with Crippen LogP contribution in [-0.4, -0.2) is 25.0 Å². The van der Waals surface area contributed by atoms with Gasteiger partial charge in [-0.05, 0) is 0 Å². The van der Waals surface area contributed by atoms with Gasteiger partial charge in [0.15, 0.2) is 0 Å². The number of rotatable bonds is 9. The van der Waals surface area contributed by atoms with Crippen LogP contribution in [-0.2, 0) is 10.9 Å². The summed E-state index contributed by atoms with van der Waals surface area (Å²) in [5.74, 6) is 0. The van der Waals surface area contributed by atoms with Crippen LogP contribution in [0.4, 0.5) is 4.39 Å². The SMILES string of the molecule is C[C@@H](C1=CCC(OCCF)C=C1)[PH](Cc1cccc(C#N)c1)(c1ccccc1)c1ccccc1. The van der Waals surface area contributed by atoms with Gasteiger partial charge in [-0.1, -0.05) is 0 Å². The van der Waals surface area contributed by atoms with E-state index in [0.29, 0.717) is 5.56 Å². The molecule has 4 rings (SSSR count). The molecule has 0 heterocycles. The summed E-state index contributed by atoms with van der Waals surface area (Å²) in [6, 6.07) is 32.1. The molecule has 4 heteroatoms. The van der Waals surface area contributed by atoms with Gasteiger partial charge >= 0.3 is 203 Å². The molecule has 1 aliphatic carbocycles. The Morgan fingerprint density at radius 3 is 2.24 bits per heavy atom. The number of hydrogen-bond donors (Lipinski definition) is 0. The van der Waals surface area contributed by atoms with Crippen molar-refractivity contribution in [2.45, 2.75) is 31.3 Å². The summed E-state index contributed by atoms with van der Waals surface area (Å²) in [7, 11) is -2.39. The first kappa shape index (κ1) is 24.1. The number of halogens is 1. The second-order valence-electron chi connectivity index (χ2n) is 8.81. The van der Waals surface area contributed by atoms with E-state index in [2.05, 4.69) is 98.0 Å². The van der Waals surface area contributed by atoms with E-state index < -0.39 is 13.9 Å². The van der Waals surface area contributed by atoms with E-state index >= 15 is 0 Å². The van der Waals surface area contributed by atoms with Gasteiger partial charge in [-0.25, -0.2) is 0 Å². The Kier molecular flexibility index (Phi) is 8.07. The van der Waals surface area contributed by atoms with Crippen LogP contribution in [0.5, 0.6) is 0 Å². The molecule has 3 aromatic carbocycles. The van der Waals surface area contributed by atoms with Gasteiger partial charge in [0.2, 0.25) is 0 Å². The third-order valence-corrected chi connectivity index (χ3v) is 12.4. The van der Waals surface area contributed by atoms with Crippen LogP contribution in [0.25, 0.3) is 0 Å². The summed E-state index contributed by atoms with van der Waals surface area (Å²) in [5.41, 5.74) is 3.46. The van der Waals surface area contributed by atoms with Crippen molar-refractivity contribution in [2.75, 3.05) is 13.3 Å². The molecule has 0 fully saturated rings. The van der Waals surface area contributed by atoms with Crippen LogP contribution in [0.15, 0.2) is 109 Å². The minimum atomic E-state index is -2.39. The van der Waals surface area contributed by atoms with E-state index in [1.54, 1.807) is 0 Å². The fourth-order valence-corrected chi connectivity index (χ4v) is 10.4. The third kappa shape index (κ3) is 5.20. The molecule has 34 heavy (non-hydrogen) atoms. The van der Waals surface area contributed by atoms with Crippen molar-refractivity contribution in [2.24, 2.45) is 0 Å². The standard InChI is InChI=1S/C30H31FNOP/c1-24(27-15-17-28(18-16-27)33-20-19-31)34(29-11-4-2-5-12-29,30-13-6-3-7-14-30)23-26-10-8-9-25(21-26)22-32/h2-17,21,24,28,34H,18-20,23H2,1H3/t24-,28?/m0/s1. The summed E-state index contributed by atoms with van der Waals surface area (Å²) in [5, 5.41) is 12.3. The van der Waals surface area contributed by atoms with Crippen LogP contribution in [0.3, 0.4) is 0 Å². The van der Waals surface area contributed by atoms with Crippen LogP contribution in [0.2, 0.25) is 0 Å². The fourth-order valence-electron chi connectivity index (χ4n) is 5.11. The Bertz CT molecular complexity index is 1140. The first-order valence-corrected chi connectivity index (χ1v) is 14.1. The molecule has 0 bridgehead atoms. The number of benzene rings is 3. The van der Waals surface area contributed by atoms with Crippen molar-refractivity contribution in [3.05, 3.63) is 120 Å². The van der Waals surface area contributed by atoms with E-state index in [9.17, 15) is 9.65 Å². The van der Waals surface area contributed by atoms with E-state index in [1.807, 2.05) is 18.2 Å². The molecule has 0 saturated carbocycles. The number of alkyl halides is 1. The van der Waals surface area contributed by atoms with Crippen molar-refractivity contribution >= 4 is 17.9 Å². The van der Waals surface area contributed by atoms with Gasteiger partial charge in [0, 0.05) is 0 Å². The van der Waals surface area contributed by atoms with E-state index in [1.165, 1.54) is 21.7 Å². The number of nitrogens with zero attached hydrogens (tertiary/aromatic N) is 1. The predicted molar refractivity (Wildman–Crippen MR) is 142 cm³/mol. The van der Waals surface area contributed by atoms with Crippen molar-refractivity contribution in [1.29, 1.82) is 5.26 Å². The summed E-state index contributed by atoms with van der Waals surface area (Å²) in [6.07, 6.45) is 8.11. The number of allylic oxidation sites excluding steroid dienone is 2. The molecule has 2 nitrogen and oxygen atoms in total. The zero-order valence-electron chi connectivity index (χ0n) is 19.5. The maximum absolute atomic E-state index is 12.6. The second kappa shape index (κ2) is 11.4. The Balaban J connectivity index is 1.82. The maximum atomic E-state index is 12.6. The first-order valence-electron chi connectivity index (χ1n) is 11.8. The summed E-state index contributed by atoms with van der Waals surface area (Å²) in [6.45, 7) is 2.02. The van der Waals surface area contributed by atoms with E-state index in [0.717, 1.165) is 12.6 Å². The molecule has 0 spiro atoms. The van der Waals surface area contributed by atoms with Crippen LogP contribution >= 0.6 is 7.26 Å². The van der Waals surface area contributed by atoms with Gasteiger partial charge in [-0.15, -0.1) is 0 Å². The fraction of sp³-hybridized carbons (Fsp3) is 0.233. The Morgan fingerprint density at radius 2 is 1.68 bits per heavy atom. The monoisotopic (exact) mass is 471 g/mol. The van der Waals surface area contributed by atoms with Crippen molar-refractivity contribution in [3.63, 3.8) is 0 Å². The van der Waals surface area contributed by atoms with Crippen molar-refractivity contribution in [1.82, 2.24) is 0 Å². The molecule has 1 unspecified atom stereocenters. The second-order valence-corrected chi connectivity index (χ2v) is 13.1. The van der Waals surface area contributed by atoms with Gasteiger partial charge in [-0.2, -0.15) is 0 Å². The topological polar surface area (TPSA) is 33.0 Å². The molecule has 0 aromatic heterocycles. The minimum absolute atomic E-state index is 0.0662.